The number of hydrogen-bond acceptors (Lipinski definition) is 3. The Hall–Kier alpha value is -0.200. The quantitative estimate of drug-likeness (QED) is 0.730. The molecule has 94 valence electrons. The molecule has 16 heavy (non-hydrogen) atoms. The minimum Gasteiger partial charge on any atom is -0.392 e. The minimum atomic E-state index is -3.35. The molecule has 1 atom stereocenters. The van der Waals surface area contributed by atoms with Gasteiger partial charge in [-0.2, -0.15) is 0 Å². The van der Waals surface area contributed by atoms with Gasteiger partial charge in [-0.1, -0.05) is 25.6 Å². The minimum absolute atomic E-state index is 0.0722. The van der Waals surface area contributed by atoms with Crippen molar-refractivity contribution in [3.63, 3.8) is 0 Å². The Morgan fingerprint density at radius 3 is 2.44 bits per heavy atom. The molecule has 1 saturated carbocycles. The topological polar surface area (TPSA) is 63.4 Å². The Morgan fingerprint density at radius 2 is 2.12 bits per heavy atom. The van der Waals surface area contributed by atoms with E-state index in [1.165, 1.54) is 10.7 Å². The molecule has 1 rings (SSSR count). The Kier molecular flexibility index (Phi) is 4.70. The lowest BCUT2D eigenvalue weighted by molar-refractivity contribution is 0.262. The van der Waals surface area contributed by atoms with Crippen LogP contribution in [0.25, 0.3) is 0 Å². The average molecular weight is 264 g/mol. The molecule has 0 amide bonds. The van der Waals surface area contributed by atoms with E-state index in [4.69, 9.17) is 18.0 Å². The Morgan fingerprint density at radius 1 is 1.56 bits per heavy atom. The second-order valence-electron chi connectivity index (χ2n) is 4.42. The van der Waals surface area contributed by atoms with Crippen LogP contribution in [0.3, 0.4) is 0 Å². The number of rotatable bonds is 6. The van der Waals surface area contributed by atoms with Crippen LogP contribution in [0.1, 0.15) is 32.6 Å². The van der Waals surface area contributed by atoms with Crippen LogP contribution in [0, 0.1) is 5.92 Å². The van der Waals surface area contributed by atoms with Gasteiger partial charge in [-0.25, -0.2) is 12.7 Å². The normalized spacial score (nSPS) is 19.4. The van der Waals surface area contributed by atoms with Crippen molar-refractivity contribution in [2.45, 2.75) is 37.9 Å². The summed E-state index contributed by atoms with van der Waals surface area (Å²) in [6.45, 7) is 2.39. The van der Waals surface area contributed by atoms with E-state index in [0.717, 1.165) is 12.8 Å². The predicted octanol–water partition coefficient (Wildman–Crippen LogP) is 1.11. The van der Waals surface area contributed by atoms with E-state index in [1.54, 1.807) is 14.0 Å². The molecule has 1 unspecified atom stereocenters. The maximum Gasteiger partial charge on any atom is 0.223 e. The zero-order chi connectivity index (χ0) is 12.3. The van der Waals surface area contributed by atoms with E-state index >= 15 is 0 Å². The highest BCUT2D eigenvalue weighted by Gasteiger charge is 2.32. The fourth-order valence-electron chi connectivity index (χ4n) is 1.92. The number of thiocarbonyl (C=S) groups is 1. The molecule has 0 radical (unpaired) electrons. The van der Waals surface area contributed by atoms with Crippen LogP contribution in [-0.4, -0.2) is 36.6 Å². The monoisotopic (exact) mass is 264 g/mol. The third-order valence-electron chi connectivity index (χ3n) is 3.22. The zero-order valence-electron chi connectivity index (χ0n) is 9.85. The molecular weight excluding hydrogens is 244 g/mol. The Labute approximate surface area is 103 Å². The molecule has 1 aliphatic carbocycles. The summed E-state index contributed by atoms with van der Waals surface area (Å²) in [6.07, 6.45) is 3.91. The van der Waals surface area contributed by atoms with Gasteiger partial charge >= 0.3 is 0 Å². The van der Waals surface area contributed by atoms with Gasteiger partial charge < -0.3 is 5.73 Å². The summed E-state index contributed by atoms with van der Waals surface area (Å²) >= 11 is 4.81. The van der Waals surface area contributed by atoms with Crippen molar-refractivity contribution in [3.8, 4) is 0 Å². The molecule has 0 aromatic rings. The van der Waals surface area contributed by atoms with Crippen molar-refractivity contribution < 1.29 is 8.42 Å². The van der Waals surface area contributed by atoms with Gasteiger partial charge in [0, 0.05) is 13.6 Å². The molecule has 0 spiro atoms. The summed E-state index contributed by atoms with van der Waals surface area (Å²) in [4.78, 5) is 0.0722. The largest absolute Gasteiger partial charge is 0.392 e. The van der Waals surface area contributed by atoms with Crippen LogP contribution >= 0.6 is 12.2 Å². The van der Waals surface area contributed by atoms with Gasteiger partial charge in [0.1, 0.15) is 5.25 Å². The summed E-state index contributed by atoms with van der Waals surface area (Å²) in [5, 5.41) is -0.715. The molecule has 0 aromatic carbocycles. The summed E-state index contributed by atoms with van der Waals surface area (Å²) in [5.74, 6) is 0.517. The van der Waals surface area contributed by atoms with Gasteiger partial charge in [0.2, 0.25) is 10.0 Å². The molecule has 2 N–H and O–H groups in total. The number of sulfonamides is 1. The van der Waals surface area contributed by atoms with Crippen molar-refractivity contribution in [1.29, 1.82) is 0 Å². The van der Waals surface area contributed by atoms with Gasteiger partial charge in [0.05, 0.1) is 4.99 Å². The second kappa shape index (κ2) is 5.42. The van der Waals surface area contributed by atoms with E-state index in [1.807, 2.05) is 0 Å². The maximum atomic E-state index is 12.1. The first-order valence-electron chi connectivity index (χ1n) is 5.64. The summed E-state index contributed by atoms with van der Waals surface area (Å²) in [6, 6.07) is 0. The standard InChI is InChI=1S/C10H20N2O2S2/c1-3-9(10(11)15)16(13,14)12(2)7-8-5-4-6-8/h8-9H,3-7H2,1-2H3,(H2,11,15). The smallest absolute Gasteiger partial charge is 0.223 e. The molecular formula is C10H20N2O2S2. The van der Waals surface area contributed by atoms with Crippen LogP contribution in [0.2, 0.25) is 0 Å². The highest BCUT2D eigenvalue weighted by Crippen LogP contribution is 2.28. The third kappa shape index (κ3) is 2.93. The van der Waals surface area contributed by atoms with E-state index in [9.17, 15) is 8.42 Å². The summed E-state index contributed by atoms with van der Waals surface area (Å²) in [5.41, 5.74) is 5.47. The molecule has 1 fully saturated rings. The maximum absolute atomic E-state index is 12.1. The first-order valence-corrected chi connectivity index (χ1v) is 7.55. The Balaban J connectivity index is 2.69. The first kappa shape index (κ1) is 13.9. The highest BCUT2D eigenvalue weighted by molar-refractivity contribution is 7.92. The molecule has 0 bridgehead atoms. The Bertz CT molecular complexity index is 350. The fraction of sp³-hybridized carbons (Fsp3) is 0.900. The molecule has 0 aromatic heterocycles. The van der Waals surface area contributed by atoms with Crippen molar-refractivity contribution in [3.05, 3.63) is 0 Å². The lowest BCUT2D eigenvalue weighted by atomic mass is 9.86. The van der Waals surface area contributed by atoms with Crippen LogP contribution < -0.4 is 5.73 Å². The number of nitrogens with zero attached hydrogens (tertiary/aromatic N) is 1. The number of hydrogen-bond donors (Lipinski definition) is 1. The van der Waals surface area contributed by atoms with Crippen LogP contribution in [0.15, 0.2) is 0 Å². The molecule has 0 heterocycles. The lowest BCUT2D eigenvalue weighted by Crippen LogP contribution is -2.44. The SMILES string of the molecule is CCC(C(N)=S)S(=O)(=O)N(C)CC1CCC1. The fourth-order valence-corrected chi connectivity index (χ4v) is 4.02. The highest BCUT2D eigenvalue weighted by atomic mass is 32.2. The molecule has 1 aliphatic rings. The van der Waals surface area contributed by atoms with E-state index in [2.05, 4.69) is 0 Å². The molecule has 0 saturated heterocycles. The van der Waals surface area contributed by atoms with Gasteiger partial charge in [-0.05, 0) is 25.2 Å². The molecule has 0 aliphatic heterocycles. The summed E-state index contributed by atoms with van der Waals surface area (Å²) < 4.78 is 25.7. The van der Waals surface area contributed by atoms with Crippen LogP contribution in [0.4, 0.5) is 0 Å². The first-order chi connectivity index (χ1) is 7.39. The van der Waals surface area contributed by atoms with Gasteiger partial charge in [0.15, 0.2) is 0 Å². The third-order valence-corrected chi connectivity index (χ3v) is 5.98. The van der Waals surface area contributed by atoms with E-state index < -0.39 is 15.3 Å². The van der Waals surface area contributed by atoms with Crippen LogP contribution in [0.5, 0.6) is 0 Å². The summed E-state index contributed by atoms with van der Waals surface area (Å²) in [7, 11) is -1.73. The zero-order valence-corrected chi connectivity index (χ0v) is 11.5. The predicted molar refractivity (Wildman–Crippen MR) is 69.8 cm³/mol. The van der Waals surface area contributed by atoms with E-state index in [0.29, 0.717) is 18.9 Å². The van der Waals surface area contributed by atoms with Gasteiger partial charge in [-0.3, -0.25) is 0 Å². The second-order valence-corrected chi connectivity index (χ2v) is 7.12. The molecule has 6 heteroatoms. The average Bonchev–Trinajstić information content (AvgIpc) is 2.10. The van der Waals surface area contributed by atoms with Crippen molar-refractivity contribution in [2.75, 3.05) is 13.6 Å². The number of nitrogens with two attached hydrogens (primary N) is 1. The van der Waals surface area contributed by atoms with Crippen LogP contribution in [-0.2, 0) is 10.0 Å². The van der Waals surface area contributed by atoms with Gasteiger partial charge in [0.25, 0.3) is 0 Å². The molecule has 4 nitrogen and oxygen atoms in total. The van der Waals surface area contributed by atoms with E-state index in [-0.39, 0.29) is 4.99 Å². The lowest BCUT2D eigenvalue weighted by Gasteiger charge is -2.31. The van der Waals surface area contributed by atoms with Crippen molar-refractivity contribution in [2.24, 2.45) is 11.7 Å². The van der Waals surface area contributed by atoms with Crippen molar-refractivity contribution >= 4 is 27.2 Å². The van der Waals surface area contributed by atoms with Crippen molar-refractivity contribution in [1.82, 2.24) is 4.31 Å². The van der Waals surface area contributed by atoms with Gasteiger partial charge in [-0.15, -0.1) is 0 Å².